The number of halogens is 1. The molecule has 1 rings (SSSR count). The number of hydrogen-bond donors (Lipinski definition) is 2. The fourth-order valence-corrected chi connectivity index (χ4v) is 3.10. The number of nitrogens with zero attached hydrogens (tertiary/aromatic N) is 3. The molecule has 178 valence electrons. The molecule has 0 bridgehead atoms. The van der Waals surface area contributed by atoms with Crippen molar-refractivity contribution in [3.63, 3.8) is 0 Å². The van der Waals surface area contributed by atoms with E-state index in [2.05, 4.69) is 43.2 Å². The van der Waals surface area contributed by atoms with Gasteiger partial charge in [-0.2, -0.15) is 0 Å². The highest BCUT2D eigenvalue weighted by Gasteiger charge is 2.28. The fourth-order valence-electron chi connectivity index (χ4n) is 3.10. The van der Waals surface area contributed by atoms with Gasteiger partial charge in [-0.3, -0.25) is 9.89 Å². The Morgan fingerprint density at radius 2 is 1.80 bits per heavy atom. The molecule has 0 spiro atoms. The number of aliphatic imine (C=N–C) groups is 1. The summed E-state index contributed by atoms with van der Waals surface area (Å²) < 4.78 is 10.9. The molecule has 0 saturated carbocycles. The van der Waals surface area contributed by atoms with Gasteiger partial charge in [0, 0.05) is 45.3 Å². The molecule has 8 nitrogen and oxygen atoms in total. The van der Waals surface area contributed by atoms with Crippen molar-refractivity contribution in [3.8, 4) is 0 Å². The molecule has 9 heteroatoms. The lowest BCUT2D eigenvalue weighted by atomic mass is 10.0. The van der Waals surface area contributed by atoms with Crippen molar-refractivity contribution in [1.82, 2.24) is 20.4 Å². The van der Waals surface area contributed by atoms with Crippen LogP contribution < -0.4 is 10.6 Å². The molecule has 0 aromatic carbocycles. The summed E-state index contributed by atoms with van der Waals surface area (Å²) in [6.07, 6.45) is -0.294. The second-order valence-electron chi connectivity index (χ2n) is 9.45. The van der Waals surface area contributed by atoms with E-state index in [-0.39, 0.29) is 41.5 Å². The van der Waals surface area contributed by atoms with Gasteiger partial charge in [-0.15, -0.1) is 24.0 Å². The molecule has 0 aromatic heterocycles. The van der Waals surface area contributed by atoms with Crippen molar-refractivity contribution in [2.75, 3.05) is 59.5 Å². The van der Waals surface area contributed by atoms with E-state index in [0.717, 1.165) is 45.4 Å². The Morgan fingerprint density at radius 3 is 2.33 bits per heavy atom. The molecule has 1 amide bonds. The molecular weight excluding hydrogens is 497 g/mol. The van der Waals surface area contributed by atoms with Crippen LogP contribution >= 0.6 is 24.0 Å². The van der Waals surface area contributed by atoms with Crippen molar-refractivity contribution in [2.24, 2.45) is 10.9 Å². The molecule has 1 unspecified atom stereocenters. The van der Waals surface area contributed by atoms with Gasteiger partial charge in [-0.25, -0.2) is 4.79 Å². The topological polar surface area (TPSA) is 78.4 Å². The van der Waals surface area contributed by atoms with Gasteiger partial charge < -0.3 is 25.0 Å². The van der Waals surface area contributed by atoms with Crippen LogP contribution in [0, 0.1) is 5.92 Å². The molecule has 0 aromatic rings. The number of amides is 1. The number of carbonyl (C=O) groups is 1. The minimum atomic E-state index is -0.481. The summed E-state index contributed by atoms with van der Waals surface area (Å²) in [4.78, 5) is 21.0. The van der Waals surface area contributed by atoms with Crippen molar-refractivity contribution in [2.45, 2.75) is 59.6 Å². The van der Waals surface area contributed by atoms with Crippen molar-refractivity contribution in [1.29, 1.82) is 0 Å². The predicted molar refractivity (Wildman–Crippen MR) is 134 cm³/mol. The van der Waals surface area contributed by atoms with Crippen LogP contribution in [-0.4, -0.2) is 92.5 Å². The Hall–Kier alpha value is -0.810. The van der Waals surface area contributed by atoms with Gasteiger partial charge in [-0.1, -0.05) is 6.92 Å². The Labute approximate surface area is 200 Å². The van der Waals surface area contributed by atoms with Gasteiger partial charge in [0.25, 0.3) is 0 Å². The summed E-state index contributed by atoms with van der Waals surface area (Å²) in [5.41, 5.74) is -0.500. The lowest BCUT2D eigenvalue weighted by Gasteiger charge is -2.40. The summed E-state index contributed by atoms with van der Waals surface area (Å²) in [6.45, 7) is 20.5. The first-order valence-corrected chi connectivity index (χ1v) is 10.7. The Bertz CT molecular complexity index is 531. The average molecular weight is 542 g/mol. The first kappa shape index (κ1) is 29.2. The minimum absolute atomic E-state index is 0. The van der Waals surface area contributed by atoms with Crippen LogP contribution in [0.5, 0.6) is 0 Å². The largest absolute Gasteiger partial charge is 0.444 e. The third-order valence-electron chi connectivity index (χ3n) is 4.74. The van der Waals surface area contributed by atoms with Crippen LogP contribution in [0.25, 0.3) is 0 Å². The van der Waals surface area contributed by atoms with Crippen LogP contribution in [-0.2, 0) is 9.47 Å². The Morgan fingerprint density at radius 1 is 1.20 bits per heavy atom. The molecule has 0 radical (unpaired) electrons. The lowest BCUT2D eigenvalue weighted by molar-refractivity contribution is -0.00684. The molecule has 1 atom stereocenters. The molecule has 30 heavy (non-hydrogen) atoms. The average Bonchev–Trinajstić information content (AvgIpc) is 2.63. The lowest BCUT2D eigenvalue weighted by Crippen LogP contribution is -2.52. The molecule has 0 aliphatic carbocycles. The molecule has 2 N–H and O–H groups in total. The predicted octanol–water partition coefficient (Wildman–Crippen LogP) is 2.77. The second-order valence-corrected chi connectivity index (χ2v) is 9.45. The summed E-state index contributed by atoms with van der Waals surface area (Å²) in [5, 5.41) is 6.72. The second kappa shape index (κ2) is 13.6. The number of ether oxygens (including phenoxy) is 2. The molecule has 1 fully saturated rings. The fraction of sp³-hybridized carbons (Fsp3) is 0.905. The SMILES string of the molecule is CCNC(=NCC(C)(C)N1CCOCC1)NCC(C)CN(C)C(=O)OC(C)(C)C.I. The summed E-state index contributed by atoms with van der Waals surface area (Å²) in [6, 6.07) is 0. The van der Waals surface area contributed by atoms with Gasteiger partial charge in [-0.05, 0) is 47.5 Å². The standard InChI is InChI=1S/C21H43N5O3.HI/c1-9-22-18(24-16-21(6,7)26-10-12-28-13-11-26)23-14-17(2)15-25(8)19(27)29-20(3,4)5;/h17H,9-16H2,1-8H3,(H2,22,23,24);1H. The van der Waals surface area contributed by atoms with E-state index < -0.39 is 5.60 Å². The van der Waals surface area contributed by atoms with E-state index in [1.165, 1.54) is 0 Å². The Balaban J connectivity index is 0.00000841. The quantitative estimate of drug-likeness (QED) is 0.280. The van der Waals surface area contributed by atoms with E-state index in [1.807, 2.05) is 20.8 Å². The highest BCUT2D eigenvalue weighted by Crippen LogP contribution is 2.16. The number of rotatable bonds is 8. The van der Waals surface area contributed by atoms with Crippen molar-refractivity contribution < 1.29 is 14.3 Å². The van der Waals surface area contributed by atoms with E-state index in [0.29, 0.717) is 13.1 Å². The normalized spacial score (nSPS) is 17.0. The van der Waals surface area contributed by atoms with Gasteiger partial charge in [0.15, 0.2) is 5.96 Å². The van der Waals surface area contributed by atoms with E-state index in [4.69, 9.17) is 14.5 Å². The third-order valence-corrected chi connectivity index (χ3v) is 4.74. The zero-order valence-electron chi connectivity index (χ0n) is 20.2. The van der Waals surface area contributed by atoms with Crippen LogP contribution in [0.15, 0.2) is 4.99 Å². The van der Waals surface area contributed by atoms with Gasteiger partial charge in [0.1, 0.15) is 5.60 Å². The van der Waals surface area contributed by atoms with Crippen LogP contribution in [0.1, 0.15) is 48.5 Å². The summed E-state index contributed by atoms with van der Waals surface area (Å²) in [5.74, 6) is 1.06. The summed E-state index contributed by atoms with van der Waals surface area (Å²) in [7, 11) is 1.77. The highest BCUT2D eigenvalue weighted by molar-refractivity contribution is 14.0. The highest BCUT2D eigenvalue weighted by atomic mass is 127. The maximum atomic E-state index is 12.1. The van der Waals surface area contributed by atoms with E-state index >= 15 is 0 Å². The molecular formula is C21H44IN5O3. The number of nitrogens with one attached hydrogen (secondary N) is 2. The minimum Gasteiger partial charge on any atom is -0.444 e. The third kappa shape index (κ3) is 11.5. The van der Waals surface area contributed by atoms with Crippen molar-refractivity contribution >= 4 is 36.0 Å². The smallest absolute Gasteiger partial charge is 0.410 e. The van der Waals surface area contributed by atoms with E-state index in [9.17, 15) is 4.79 Å². The zero-order chi connectivity index (χ0) is 22.1. The Kier molecular flexibility index (Phi) is 13.2. The van der Waals surface area contributed by atoms with Gasteiger partial charge in [0.2, 0.25) is 0 Å². The van der Waals surface area contributed by atoms with Crippen LogP contribution in [0.3, 0.4) is 0 Å². The summed E-state index contributed by atoms with van der Waals surface area (Å²) >= 11 is 0. The van der Waals surface area contributed by atoms with Gasteiger partial charge in [0.05, 0.1) is 19.8 Å². The number of morpholine rings is 1. The van der Waals surface area contributed by atoms with Crippen molar-refractivity contribution in [3.05, 3.63) is 0 Å². The first-order valence-electron chi connectivity index (χ1n) is 10.7. The number of hydrogen-bond acceptors (Lipinski definition) is 5. The maximum Gasteiger partial charge on any atom is 0.410 e. The molecule has 1 aliphatic heterocycles. The van der Waals surface area contributed by atoms with Gasteiger partial charge >= 0.3 is 6.09 Å². The van der Waals surface area contributed by atoms with Crippen LogP contribution in [0.2, 0.25) is 0 Å². The molecule has 1 aliphatic rings. The maximum absolute atomic E-state index is 12.1. The first-order chi connectivity index (χ1) is 13.4. The molecule has 1 saturated heterocycles. The zero-order valence-corrected chi connectivity index (χ0v) is 22.5. The number of carbonyl (C=O) groups excluding carboxylic acids is 1. The number of guanidine groups is 1. The van der Waals surface area contributed by atoms with E-state index in [1.54, 1.807) is 11.9 Å². The monoisotopic (exact) mass is 541 g/mol. The van der Waals surface area contributed by atoms with Crippen LogP contribution in [0.4, 0.5) is 4.79 Å². The molecule has 1 heterocycles.